The van der Waals surface area contributed by atoms with E-state index >= 15 is 0 Å². The fourth-order valence-corrected chi connectivity index (χ4v) is 3.38. The van der Waals surface area contributed by atoms with Crippen molar-refractivity contribution in [3.8, 4) is 0 Å². The van der Waals surface area contributed by atoms with Gasteiger partial charge in [0.25, 0.3) is 0 Å². The van der Waals surface area contributed by atoms with Crippen LogP contribution in [0.1, 0.15) is 35.2 Å². The Morgan fingerprint density at radius 3 is 2.82 bits per heavy atom. The summed E-state index contributed by atoms with van der Waals surface area (Å²) >= 11 is 1.94. The van der Waals surface area contributed by atoms with E-state index < -0.39 is 0 Å². The molecule has 0 amide bonds. The number of ketones is 1. The second-order valence-electron chi connectivity index (χ2n) is 4.67. The molecule has 1 aromatic rings. The summed E-state index contributed by atoms with van der Waals surface area (Å²) < 4.78 is 13.5. The predicted molar refractivity (Wildman–Crippen MR) is 70.1 cm³/mol. The lowest BCUT2D eigenvalue weighted by molar-refractivity contribution is 0.0954. The highest BCUT2D eigenvalue weighted by Crippen LogP contribution is 2.27. The van der Waals surface area contributed by atoms with Gasteiger partial charge in [-0.3, -0.25) is 4.79 Å². The summed E-state index contributed by atoms with van der Waals surface area (Å²) in [5.41, 5.74) is 1.21. The molecule has 92 valence electrons. The van der Waals surface area contributed by atoms with Crippen molar-refractivity contribution < 1.29 is 9.18 Å². The third kappa shape index (κ3) is 3.32. The monoisotopic (exact) mass is 252 g/mol. The van der Waals surface area contributed by atoms with Gasteiger partial charge in [0.15, 0.2) is 5.78 Å². The number of thioether (sulfide) groups is 1. The summed E-state index contributed by atoms with van der Waals surface area (Å²) in [7, 11) is 0. The maximum atomic E-state index is 13.5. The van der Waals surface area contributed by atoms with Crippen molar-refractivity contribution in [2.45, 2.75) is 26.2 Å². The number of hydrogen-bond acceptors (Lipinski definition) is 2. The molecule has 2 rings (SSSR count). The lowest BCUT2D eigenvalue weighted by atomic mass is 9.93. The molecule has 17 heavy (non-hydrogen) atoms. The van der Waals surface area contributed by atoms with Crippen molar-refractivity contribution in [3.63, 3.8) is 0 Å². The van der Waals surface area contributed by atoms with E-state index in [1.807, 2.05) is 18.7 Å². The Bertz CT molecular complexity index is 411. The molecule has 0 aliphatic carbocycles. The molecule has 1 saturated heterocycles. The van der Waals surface area contributed by atoms with E-state index in [0.717, 1.165) is 29.9 Å². The van der Waals surface area contributed by atoms with Crippen LogP contribution in [0, 0.1) is 18.7 Å². The lowest BCUT2D eigenvalue weighted by Crippen LogP contribution is -2.15. The van der Waals surface area contributed by atoms with Crippen molar-refractivity contribution >= 4 is 17.5 Å². The molecular weight excluding hydrogens is 235 g/mol. The van der Waals surface area contributed by atoms with Crippen LogP contribution < -0.4 is 0 Å². The highest BCUT2D eigenvalue weighted by Gasteiger charge is 2.20. The zero-order valence-corrected chi connectivity index (χ0v) is 10.9. The molecule has 0 radical (unpaired) electrons. The van der Waals surface area contributed by atoms with Crippen LogP contribution in [-0.2, 0) is 0 Å². The van der Waals surface area contributed by atoms with Crippen molar-refractivity contribution in [1.82, 2.24) is 0 Å². The molecule has 1 heterocycles. The van der Waals surface area contributed by atoms with Gasteiger partial charge in [-0.15, -0.1) is 0 Å². The van der Waals surface area contributed by atoms with Crippen LogP contribution in [0.5, 0.6) is 0 Å². The molecule has 3 heteroatoms. The standard InChI is InChI=1S/C14H17FOS/c1-10-2-3-13(15)12(8-10)14(16)9-11-4-6-17-7-5-11/h2-3,8,11H,4-7,9H2,1H3. The van der Waals surface area contributed by atoms with E-state index in [1.54, 1.807) is 12.1 Å². The molecule has 0 aromatic heterocycles. The van der Waals surface area contributed by atoms with Crippen LogP contribution in [-0.4, -0.2) is 17.3 Å². The maximum Gasteiger partial charge on any atom is 0.166 e. The van der Waals surface area contributed by atoms with Crippen LogP contribution in [0.15, 0.2) is 18.2 Å². The highest BCUT2D eigenvalue weighted by atomic mass is 32.2. The fourth-order valence-electron chi connectivity index (χ4n) is 2.18. The molecular formula is C14H17FOS. The minimum Gasteiger partial charge on any atom is -0.294 e. The third-order valence-corrected chi connectivity index (χ3v) is 4.29. The van der Waals surface area contributed by atoms with Crippen LogP contribution >= 0.6 is 11.8 Å². The Morgan fingerprint density at radius 1 is 1.41 bits per heavy atom. The van der Waals surface area contributed by atoms with Crippen LogP contribution in [0.3, 0.4) is 0 Å². The van der Waals surface area contributed by atoms with E-state index in [0.29, 0.717) is 12.3 Å². The molecule has 1 aromatic carbocycles. The van der Waals surface area contributed by atoms with E-state index in [2.05, 4.69) is 0 Å². The molecule has 0 N–H and O–H groups in total. The summed E-state index contributed by atoms with van der Waals surface area (Å²) in [4.78, 5) is 12.0. The Hall–Kier alpha value is -0.830. The first-order valence-corrected chi connectivity index (χ1v) is 7.19. The molecule has 0 spiro atoms. The Morgan fingerprint density at radius 2 is 2.12 bits per heavy atom. The maximum absolute atomic E-state index is 13.5. The first-order chi connectivity index (χ1) is 8.16. The van der Waals surface area contributed by atoms with Gasteiger partial charge in [-0.25, -0.2) is 4.39 Å². The molecule has 0 atom stereocenters. The molecule has 0 saturated carbocycles. The lowest BCUT2D eigenvalue weighted by Gasteiger charge is -2.20. The Kier molecular flexibility index (Phi) is 4.21. The van der Waals surface area contributed by atoms with Crippen LogP contribution in [0.25, 0.3) is 0 Å². The molecule has 1 aliphatic heterocycles. The molecule has 1 aliphatic rings. The normalized spacial score (nSPS) is 17.1. The summed E-state index contributed by atoms with van der Waals surface area (Å²) in [6, 6.07) is 4.75. The summed E-state index contributed by atoms with van der Waals surface area (Å²) in [6.07, 6.45) is 2.68. The van der Waals surface area contributed by atoms with Crippen LogP contribution in [0.4, 0.5) is 4.39 Å². The third-order valence-electron chi connectivity index (χ3n) is 3.24. The number of benzene rings is 1. The summed E-state index contributed by atoms with van der Waals surface area (Å²) in [5.74, 6) is 2.29. The smallest absolute Gasteiger partial charge is 0.166 e. The zero-order valence-electron chi connectivity index (χ0n) is 10.0. The number of halogens is 1. The van der Waals surface area contributed by atoms with Gasteiger partial charge in [-0.2, -0.15) is 11.8 Å². The Labute approximate surface area is 106 Å². The van der Waals surface area contributed by atoms with Crippen molar-refractivity contribution in [3.05, 3.63) is 35.1 Å². The first kappa shape index (κ1) is 12.6. The quantitative estimate of drug-likeness (QED) is 0.760. The van der Waals surface area contributed by atoms with E-state index in [1.165, 1.54) is 6.07 Å². The number of aryl methyl sites for hydroxylation is 1. The first-order valence-electron chi connectivity index (χ1n) is 6.04. The van der Waals surface area contributed by atoms with Crippen molar-refractivity contribution in [2.75, 3.05) is 11.5 Å². The SMILES string of the molecule is Cc1ccc(F)c(C(=O)CC2CCSCC2)c1. The number of carbonyl (C=O) groups excluding carboxylic acids is 1. The molecule has 0 bridgehead atoms. The minimum absolute atomic E-state index is 0.0388. The second kappa shape index (κ2) is 5.67. The number of rotatable bonds is 3. The van der Waals surface area contributed by atoms with Crippen molar-refractivity contribution in [2.24, 2.45) is 5.92 Å². The van der Waals surface area contributed by atoms with Gasteiger partial charge in [0.2, 0.25) is 0 Å². The van der Waals surface area contributed by atoms with Gasteiger partial charge in [0.05, 0.1) is 5.56 Å². The zero-order chi connectivity index (χ0) is 12.3. The number of Topliss-reactive ketones (excluding diaryl/α,β-unsaturated/α-hetero) is 1. The topological polar surface area (TPSA) is 17.1 Å². The summed E-state index contributed by atoms with van der Waals surface area (Å²) in [5, 5.41) is 0. The predicted octanol–water partition coefficient (Wildman–Crippen LogP) is 3.85. The largest absolute Gasteiger partial charge is 0.294 e. The van der Waals surface area contributed by atoms with E-state index in [-0.39, 0.29) is 17.2 Å². The van der Waals surface area contributed by atoms with E-state index in [9.17, 15) is 9.18 Å². The number of carbonyl (C=O) groups is 1. The fraction of sp³-hybridized carbons (Fsp3) is 0.500. The van der Waals surface area contributed by atoms with Gasteiger partial charge < -0.3 is 0 Å². The van der Waals surface area contributed by atoms with Gasteiger partial charge in [-0.1, -0.05) is 11.6 Å². The van der Waals surface area contributed by atoms with E-state index in [4.69, 9.17) is 0 Å². The average molecular weight is 252 g/mol. The van der Waals surface area contributed by atoms with Gasteiger partial charge in [-0.05, 0) is 49.3 Å². The Balaban J connectivity index is 2.05. The summed E-state index contributed by atoms with van der Waals surface area (Å²) in [6.45, 7) is 1.88. The molecule has 1 fully saturated rings. The van der Waals surface area contributed by atoms with Gasteiger partial charge >= 0.3 is 0 Å². The minimum atomic E-state index is -0.384. The molecule has 1 nitrogen and oxygen atoms in total. The van der Waals surface area contributed by atoms with Crippen molar-refractivity contribution in [1.29, 1.82) is 0 Å². The highest BCUT2D eigenvalue weighted by molar-refractivity contribution is 7.99. The van der Waals surface area contributed by atoms with Gasteiger partial charge in [0, 0.05) is 6.42 Å². The average Bonchev–Trinajstić information content (AvgIpc) is 2.33. The molecule has 0 unspecified atom stereocenters. The van der Waals surface area contributed by atoms with Gasteiger partial charge in [0.1, 0.15) is 5.82 Å². The van der Waals surface area contributed by atoms with Crippen LogP contribution in [0.2, 0.25) is 0 Å². The second-order valence-corrected chi connectivity index (χ2v) is 5.89. The number of hydrogen-bond donors (Lipinski definition) is 0.